The number of aryl methyl sites for hydroxylation is 1. The number of rotatable bonds is 10. The summed E-state index contributed by atoms with van der Waals surface area (Å²) < 4.78 is 67.4. The number of likely N-dealkylation sites (N-methyl/N-ethyl adjacent to an activating group) is 1. The van der Waals surface area contributed by atoms with Crippen molar-refractivity contribution in [1.29, 1.82) is 0 Å². The molecule has 6 nitrogen and oxygen atoms in total. The van der Waals surface area contributed by atoms with Gasteiger partial charge >= 0.3 is 6.18 Å². The molecule has 0 spiro atoms. The SMILES string of the molecule is CN(CC1(CCN2CCC(NC(=O)Cc3ccccc3)CC2)CCc2ccccc21)S(=O)(=O)c1ccc(C(F)(F)F)cc1. The second-order valence-electron chi connectivity index (χ2n) is 11.8. The Morgan fingerprint density at radius 2 is 1.63 bits per heavy atom. The lowest BCUT2D eigenvalue weighted by Gasteiger charge is -2.38. The number of carbonyl (C=O) groups is 1. The number of halogens is 3. The highest BCUT2D eigenvalue weighted by Crippen LogP contribution is 2.43. The molecule has 43 heavy (non-hydrogen) atoms. The fourth-order valence-corrected chi connectivity index (χ4v) is 7.76. The van der Waals surface area contributed by atoms with Crippen LogP contribution in [0.3, 0.4) is 0 Å². The van der Waals surface area contributed by atoms with E-state index in [0.717, 1.165) is 87.1 Å². The van der Waals surface area contributed by atoms with Gasteiger partial charge in [-0.1, -0.05) is 54.6 Å². The minimum absolute atomic E-state index is 0.0310. The Hall–Kier alpha value is -3.21. The average molecular weight is 614 g/mol. The third kappa shape index (κ3) is 7.30. The molecule has 1 fully saturated rings. The highest BCUT2D eigenvalue weighted by atomic mass is 32.2. The Labute approximate surface area is 251 Å². The Balaban J connectivity index is 1.23. The quantitative estimate of drug-likeness (QED) is 0.332. The molecule has 3 aromatic carbocycles. The van der Waals surface area contributed by atoms with E-state index in [2.05, 4.69) is 22.3 Å². The Morgan fingerprint density at radius 3 is 2.30 bits per heavy atom. The number of sulfonamides is 1. The molecule has 0 saturated carbocycles. The summed E-state index contributed by atoms with van der Waals surface area (Å²) in [7, 11) is -2.49. The van der Waals surface area contributed by atoms with Crippen LogP contribution in [0.15, 0.2) is 83.8 Å². The molecule has 1 saturated heterocycles. The summed E-state index contributed by atoms with van der Waals surface area (Å²) in [5, 5.41) is 3.17. The maximum absolute atomic E-state index is 13.5. The summed E-state index contributed by atoms with van der Waals surface area (Å²) in [5.41, 5.74) is 2.06. The van der Waals surface area contributed by atoms with Crippen molar-refractivity contribution in [2.45, 2.75) is 61.1 Å². The van der Waals surface area contributed by atoms with Crippen molar-refractivity contribution in [2.24, 2.45) is 0 Å². The van der Waals surface area contributed by atoms with Crippen LogP contribution >= 0.6 is 0 Å². The lowest BCUT2D eigenvalue weighted by molar-refractivity contribution is -0.137. The molecule has 2 aliphatic rings. The lowest BCUT2D eigenvalue weighted by atomic mass is 9.78. The zero-order valence-corrected chi connectivity index (χ0v) is 25.1. The number of piperidine rings is 1. The van der Waals surface area contributed by atoms with E-state index in [1.807, 2.05) is 42.5 Å². The maximum atomic E-state index is 13.5. The molecule has 0 radical (unpaired) electrons. The minimum atomic E-state index is -4.53. The van der Waals surface area contributed by atoms with E-state index in [-0.39, 0.29) is 23.4 Å². The van der Waals surface area contributed by atoms with E-state index in [1.165, 1.54) is 16.9 Å². The van der Waals surface area contributed by atoms with Crippen molar-refractivity contribution in [1.82, 2.24) is 14.5 Å². The van der Waals surface area contributed by atoms with Gasteiger partial charge in [-0.05, 0) is 79.6 Å². The van der Waals surface area contributed by atoms with E-state index >= 15 is 0 Å². The Kier molecular flexibility index (Phi) is 9.29. The Bertz CT molecular complexity index is 1510. The van der Waals surface area contributed by atoms with Crippen LogP contribution in [0, 0.1) is 0 Å². The van der Waals surface area contributed by atoms with Gasteiger partial charge in [-0.3, -0.25) is 4.79 Å². The van der Waals surface area contributed by atoms with E-state index in [4.69, 9.17) is 0 Å². The molecule has 0 aromatic heterocycles. The van der Waals surface area contributed by atoms with Crippen LogP contribution in [0.25, 0.3) is 0 Å². The molecular formula is C33H38F3N3O3S. The molecule has 1 N–H and O–H groups in total. The number of fused-ring (bicyclic) bond motifs is 1. The summed E-state index contributed by atoms with van der Waals surface area (Å²) in [4.78, 5) is 14.8. The van der Waals surface area contributed by atoms with Gasteiger partial charge in [-0.15, -0.1) is 0 Å². The molecule has 1 aliphatic heterocycles. The molecule has 230 valence electrons. The van der Waals surface area contributed by atoms with Gasteiger partial charge in [0.15, 0.2) is 0 Å². The maximum Gasteiger partial charge on any atom is 0.416 e. The topological polar surface area (TPSA) is 69.7 Å². The van der Waals surface area contributed by atoms with Crippen molar-refractivity contribution < 1.29 is 26.4 Å². The first-order chi connectivity index (χ1) is 20.5. The molecule has 1 aliphatic carbocycles. The number of amides is 1. The van der Waals surface area contributed by atoms with Crippen molar-refractivity contribution in [3.05, 3.63) is 101 Å². The van der Waals surface area contributed by atoms with Crippen LogP contribution in [-0.4, -0.2) is 62.8 Å². The van der Waals surface area contributed by atoms with Crippen molar-refractivity contribution in [3.63, 3.8) is 0 Å². The normalized spacial score (nSPS) is 19.8. The third-order valence-corrected chi connectivity index (χ3v) is 10.8. The van der Waals surface area contributed by atoms with E-state index in [9.17, 15) is 26.4 Å². The Morgan fingerprint density at radius 1 is 0.977 bits per heavy atom. The smallest absolute Gasteiger partial charge is 0.353 e. The summed E-state index contributed by atoms with van der Waals surface area (Å²) in [5.74, 6) is 0.0310. The highest BCUT2D eigenvalue weighted by Gasteiger charge is 2.42. The monoisotopic (exact) mass is 613 g/mol. The molecule has 1 unspecified atom stereocenters. The first-order valence-corrected chi connectivity index (χ1v) is 16.2. The highest BCUT2D eigenvalue weighted by molar-refractivity contribution is 7.89. The van der Waals surface area contributed by atoms with Gasteiger partial charge in [0.05, 0.1) is 16.9 Å². The van der Waals surface area contributed by atoms with Crippen LogP contribution < -0.4 is 5.32 Å². The number of nitrogens with zero attached hydrogens (tertiary/aromatic N) is 2. The first kappa shape index (κ1) is 31.2. The van der Waals surface area contributed by atoms with Crippen molar-refractivity contribution in [2.75, 3.05) is 33.2 Å². The first-order valence-electron chi connectivity index (χ1n) is 14.7. The van der Waals surface area contributed by atoms with Gasteiger partial charge in [0.25, 0.3) is 0 Å². The van der Waals surface area contributed by atoms with Gasteiger partial charge in [0.1, 0.15) is 0 Å². The van der Waals surface area contributed by atoms with E-state index in [0.29, 0.717) is 6.42 Å². The predicted octanol–water partition coefficient (Wildman–Crippen LogP) is 5.42. The molecule has 1 amide bonds. The van der Waals surface area contributed by atoms with Gasteiger partial charge in [-0.2, -0.15) is 13.2 Å². The molecular weight excluding hydrogens is 575 g/mol. The number of hydrogen-bond acceptors (Lipinski definition) is 4. The van der Waals surface area contributed by atoms with Gasteiger partial charge in [0.2, 0.25) is 15.9 Å². The van der Waals surface area contributed by atoms with Crippen LogP contribution in [0.4, 0.5) is 13.2 Å². The summed E-state index contributed by atoms with van der Waals surface area (Å²) in [6, 6.07) is 21.7. The fourth-order valence-electron chi connectivity index (χ4n) is 6.51. The molecule has 3 aromatic rings. The second kappa shape index (κ2) is 12.8. The fraction of sp³-hybridized carbons (Fsp3) is 0.424. The molecule has 1 atom stereocenters. The molecule has 1 heterocycles. The number of likely N-dealkylation sites (tertiary alicyclic amines) is 1. The molecule has 0 bridgehead atoms. The van der Waals surface area contributed by atoms with E-state index < -0.39 is 27.2 Å². The van der Waals surface area contributed by atoms with Crippen LogP contribution in [0.5, 0.6) is 0 Å². The number of alkyl halides is 3. The van der Waals surface area contributed by atoms with Gasteiger partial charge < -0.3 is 10.2 Å². The zero-order valence-electron chi connectivity index (χ0n) is 24.3. The summed E-state index contributed by atoms with van der Waals surface area (Å²) in [6.07, 6.45) is -0.0639. The molecule has 10 heteroatoms. The summed E-state index contributed by atoms with van der Waals surface area (Å²) >= 11 is 0. The van der Waals surface area contributed by atoms with Crippen LogP contribution in [-0.2, 0) is 39.3 Å². The van der Waals surface area contributed by atoms with Gasteiger partial charge in [0, 0.05) is 38.1 Å². The largest absolute Gasteiger partial charge is 0.416 e. The number of nitrogens with one attached hydrogen (secondary N) is 1. The van der Waals surface area contributed by atoms with E-state index in [1.54, 1.807) is 0 Å². The average Bonchev–Trinajstić information content (AvgIpc) is 3.35. The van der Waals surface area contributed by atoms with Crippen molar-refractivity contribution in [3.8, 4) is 0 Å². The predicted molar refractivity (Wildman–Crippen MR) is 160 cm³/mol. The van der Waals surface area contributed by atoms with Crippen molar-refractivity contribution >= 4 is 15.9 Å². The number of carbonyl (C=O) groups excluding carboxylic acids is 1. The summed E-state index contributed by atoms with van der Waals surface area (Å²) in [6.45, 7) is 2.70. The van der Waals surface area contributed by atoms with Crippen LogP contribution in [0.1, 0.15) is 47.9 Å². The lowest BCUT2D eigenvalue weighted by Crippen LogP contribution is -2.47. The number of hydrogen-bond donors (Lipinski definition) is 1. The second-order valence-corrected chi connectivity index (χ2v) is 13.9. The third-order valence-electron chi connectivity index (χ3n) is 8.94. The number of benzene rings is 3. The van der Waals surface area contributed by atoms with Gasteiger partial charge in [-0.25, -0.2) is 12.7 Å². The molecule has 5 rings (SSSR count). The van der Waals surface area contributed by atoms with Crippen LogP contribution in [0.2, 0.25) is 0 Å². The standard InChI is InChI=1S/C33H38F3N3O3S/c1-38(43(41,42)29-13-11-27(12-14-29)33(34,35)36)24-32(18-15-26-9-5-6-10-30(26)32)19-22-39-20-16-28(17-21-39)37-31(40)23-25-7-3-2-4-8-25/h2-14,28H,15-24H2,1H3,(H,37,40). The minimum Gasteiger partial charge on any atom is -0.353 e. The zero-order chi connectivity index (χ0) is 30.7.